The molecule has 0 aliphatic heterocycles. The molecule has 0 bridgehead atoms. The highest BCUT2D eigenvalue weighted by Gasteiger charge is 2.19. The predicted octanol–water partition coefficient (Wildman–Crippen LogP) is 1.76. The second-order valence-electron chi connectivity index (χ2n) is 3.84. The molecular weight excluding hydrogens is 290 g/mol. The van der Waals surface area contributed by atoms with Gasteiger partial charge in [-0.05, 0) is 24.1 Å². The van der Waals surface area contributed by atoms with Gasteiger partial charge >= 0.3 is 5.97 Å². The van der Waals surface area contributed by atoms with E-state index in [1.807, 2.05) is 13.0 Å². The summed E-state index contributed by atoms with van der Waals surface area (Å²) < 4.78 is 0. The molecule has 0 aliphatic rings. The summed E-state index contributed by atoms with van der Waals surface area (Å²) in [5.74, 6) is -0.830. The number of anilines is 1. The molecule has 1 atom stereocenters. The first-order valence-electron chi connectivity index (χ1n) is 5.61. The summed E-state index contributed by atoms with van der Waals surface area (Å²) in [6.45, 7) is 1.48. The van der Waals surface area contributed by atoms with E-state index in [1.54, 1.807) is 0 Å². The number of carboxylic acids is 1. The van der Waals surface area contributed by atoms with Crippen LogP contribution in [0.25, 0.3) is 10.2 Å². The zero-order valence-electron chi connectivity index (χ0n) is 10.1. The van der Waals surface area contributed by atoms with Crippen LogP contribution in [0, 0.1) is 0 Å². The van der Waals surface area contributed by atoms with Crippen molar-refractivity contribution in [2.75, 3.05) is 11.9 Å². The van der Waals surface area contributed by atoms with E-state index in [-0.39, 0.29) is 5.28 Å². The molecule has 0 saturated heterocycles. The number of rotatable bonds is 5. The zero-order valence-corrected chi connectivity index (χ0v) is 11.6. The Balaban J connectivity index is 2.46. The van der Waals surface area contributed by atoms with Crippen LogP contribution in [-0.4, -0.2) is 38.8 Å². The fraction of sp³-hybridized carbons (Fsp3) is 0.364. The lowest BCUT2D eigenvalue weighted by Crippen LogP contribution is -2.33. The Morgan fingerprint density at radius 3 is 2.89 bits per heavy atom. The van der Waals surface area contributed by atoms with E-state index in [1.165, 1.54) is 11.3 Å². The number of hydrogen-bond donors (Lipinski definition) is 3. The van der Waals surface area contributed by atoms with Crippen LogP contribution in [0.5, 0.6) is 0 Å². The van der Waals surface area contributed by atoms with Gasteiger partial charge in [0.05, 0.1) is 12.0 Å². The smallest absolute Gasteiger partial charge is 0.328 e. The lowest BCUT2D eigenvalue weighted by atomic mass is 10.2. The summed E-state index contributed by atoms with van der Waals surface area (Å²) in [5.41, 5.74) is 0. The summed E-state index contributed by atoms with van der Waals surface area (Å²) in [4.78, 5) is 20.8. The molecule has 0 aromatic carbocycles. The maximum Gasteiger partial charge on any atom is 0.328 e. The molecular formula is C11H12ClN3O3S. The fourth-order valence-electron chi connectivity index (χ4n) is 1.58. The Morgan fingerprint density at radius 1 is 1.58 bits per heavy atom. The first-order valence-corrected chi connectivity index (χ1v) is 6.80. The van der Waals surface area contributed by atoms with Crippen LogP contribution >= 0.6 is 22.9 Å². The number of nitrogens with one attached hydrogen (secondary N) is 1. The van der Waals surface area contributed by atoms with Crippen molar-refractivity contribution < 1.29 is 15.0 Å². The summed E-state index contributed by atoms with van der Waals surface area (Å²) >= 11 is 7.30. The minimum absolute atomic E-state index is 0.0431. The van der Waals surface area contributed by atoms with E-state index in [0.29, 0.717) is 16.0 Å². The minimum Gasteiger partial charge on any atom is -0.480 e. The van der Waals surface area contributed by atoms with Crippen molar-refractivity contribution in [1.29, 1.82) is 0 Å². The van der Waals surface area contributed by atoms with Gasteiger partial charge in [0.25, 0.3) is 0 Å². The quantitative estimate of drug-likeness (QED) is 0.728. The van der Waals surface area contributed by atoms with Gasteiger partial charge in [0.2, 0.25) is 5.28 Å². The Kier molecular flexibility index (Phi) is 4.18. The van der Waals surface area contributed by atoms with Crippen molar-refractivity contribution in [3.63, 3.8) is 0 Å². The van der Waals surface area contributed by atoms with Crippen molar-refractivity contribution in [3.05, 3.63) is 16.2 Å². The van der Waals surface area contributed by atoms with Gasteiger partial charge in [-0.2, -0.15) is 0 Å². The van der Waals surface area contributed by atoms with Gasteiger partial charge in [-0.15, -0.1) is 11.3 Å². The van der Waals surface area contributed by atoms with Crippen molar-refractivity contribution in [3.8, 4) is 0 Å². The molecule has 0 radical (unpaired) electrons. The molecule has 2 rings (SSSR count). The Bertz CT molecular complexity index is 616. The molecule has 1 unspecified atom stereocenters. The third-order valence-corrected chi connectivity index (χ3v) is 3.90. The van der Waals surface area contributed by atoms with E-state index >= 15 is 0 Å². The molecule has 0 spiro atoms. The van der Waals surface area contributed by atoms with Crippen LogP contribution < -0.4 is 5.32 Å². The van der Waals surface area contributed by atoms with Crippen molar-refractivity contribution >= 4 is 44.9 Å². The van der Waals surface area contributed by atoms with Gasteiger partial charge in [-0.1, -0.05) is 6.92 Å². The number of carbonyl (C=O) groups is 1. The fourth-order valence-corrected chi connectivity index (χ4v) is 2.77. The second-order valence-corrected chi connectivity index (χ2v) is 5.30. The number of fused-ring (bicyclic) bond motifs is 1. The van der Waals surface area contributed by atoms with E-state index in [2.05, 4.69) is 15.3 Å². The molecule has 0 amide bonds. The summed E-state index contributed by atoms with van der Waals surface area (Å²) in [6, 6.07) is 0.772. The SMILES string of the molecule is CCc1cc2c(NC(CO)C(=O)O)nc(Cl)nc2s1. The molecule has 0 aliphatic carbocycles. The first kappa shape index (κ1) is 14.0. The third-order valence-electron chi connectivity index (χ3n) is 2.56. The van der Waals surface area contributed by atoms with Gasteiger partial charge in [0.15, 0.2) is 0 Å². The van der Waals surface area contributed by atoms with E-state index in [4.69, 9.17) is 21.8 Å². The lowest BCUT2D eigenvalue weighted by Gasteiger charge is -2.12. The van der Waals surface area contributed by atoms with Crippen LogP contribution in [0.15, 0.2) is 6.07 Å². The molecule has 8 heteroatoms. The number of aliphatic hydroxyl groups is 1. The summed E-state index contributed by atoms with van der Waals surface area (Å²) in [5, 5.41) is 21.4. The van der Waals surface area contributed by atoms with Crippen molar-refractivity contribution in [2.45, 2.75) is 19.4 Å². The zero-order chi connectivity index (χ0) is 14.0. The molecule has 19 heavy (non-hydrogen) atoms. The number of hydrogen-bond acceptors (Lipinski definition) is 6. The molecule has 3 N–H and O–H groups in total. The number of nitrogens with zero attached hydrogens (tertiary/aromatic N) is 2. The molecule has 0 fully saturated rings. The van der Waals surface area contributed by atoms with Crippen LogP contribution in [0.1, 0.15) is 11.8 Å². The molecule has 102 valence electrons. The number of aliphatic hydroxyl groups excluding tert-OH is 1. The van der Waals surface area contributed by atoms with Crippen molar-refractivity contribution in [1.82, 2.24) is 9.97 Å². The molecule has 2 aromatic heterocycles. The second kappa shape index (κ2) is 5.68. The van der Waals surface area contributed by atoms with Crippen LogP contribution in [-0.2, 0) is 11.2 Å². The average Bonchev–Trinajstić information content (AvgIpc) is 2.78. The number of aliphatic carboxylic acids is 1. The molecule has 6 nitrogen and oxygen atoms in total. The number of carboxylic acid groups (broad SMARTS) is 1. The maximum absolute atomic E-state index is 10.9. The Labute approximate surface area is 118 Å². The summed E-state index contributed by atoms with van der Waals surface area (Å²) in [6.07, 6.45) is 0.848. The van der Waals surface area contributed by atoms with Gasteiger partial charge in [-0.25, -0.2) is 14.8 Å². The molecule has 0 saturated carbocycles. The normalized spacial score (nSPS) is 12.6. The van der Waals surface area contributed by atoms with Crippen LogP contribution in [0.2, 0.25) is 5.28 Å². The lowest BCUT2D eigenvalue weighted by molar-refractivity contribution is -0.138. The standard InChI is InChI=1S/C11H12ClN3O3S/c1-2-5-3-6-8(13-7(4-16)10(17)18)14-11(12)15-9(6)19-5/h3,7,16H,2,4H2,1H3,(H,17,18)(H,13,14,15). The van der Waals surface area contributed by atoms with E-state index in [0.717, 1.165) is 11.3 Å². The van der Waals surface area contributed by atoms with E-state index < -0.39 is 18.6 Å². The van der Waals surface area contributed by atoms with Crippen LogP contribution in [0.4, 0.5) is 5.82 Å². The molecule has 2 aromatic rings. The number of halogens is 1. The van der Waals surface area contributed by atoms with Crippen molar-refractivity contribution in [2.24, 2.45) is 0 Å². The third kappa shape index (κ3) is 2.94. The highest BCUT2D eigenvalue weighted by Crippen LogP contribution is 2.30. The maximum atomic E-state index is 10.9. The minimum atomic E-state index is -1.16. The highest BCUT2D eigenvalue weighted by atomic mass is 35.5. The van der Waals surface area contributed by atoms with Gasteiger partial charge in [0.1, 0.15) is 16.7 Å². The average molecular weight is 302 g/mol. The van der Waals surface area contributed by atoms with Gasteiger partial charge < -0.3 is 15.5 Å². The summed E-state index contributed by atoms with van der Waals surface area (Å²) in [7, 11) is 0. The topological polar surface area (TPSA) is 95.3 Å². The van der Waals surface area contributed by atoms with Crippen LogP contribution in [0.3, 0.4) is 0 Å². The number of aromatic nitrogens is 2. The van der Waals surface area contributed by atoms with E-state index in [9.17, 15) is 4.79 Å². The monoisotopic (exact) mass is 301 g/mol. The van der Waals surface area contributed by atoms with Gasteiger partial charge in [-0.3, -0.25) is 0 Å². The highest BCUT2D eigenvalue weighted by molar-refractivity contribution is 7.18. The van der Waals surface area contributed by atoms with Gasteiger partial charge in [0, 0.05) is 4.88 Å². The molecule has 2 heterocycles. The number of thiophene rings is 1. The number of aryl methyl sites for hydroxylation is 1. The first-order chi connectivity index (χ1) is 9.05. The Hall–Kier alpha value is -1.44. The largest absolute Gasteiger partial charge is 0.480 e. The Morgan fingerprint density at radius 2 is 2.32 bits per heavy atom. The predicted molar refractivity (Wildman–Crippen MR) is 73.9 cm³/mol.